The van der Waals surface area contributed by atoms with Gasteiger partial charge in [0.2, 0.25) is 0 Å². The van der Waals surface area contributed by atoms with E-state index in [0.717, 1.165) is 17.1 Å². The summed E-state index contributed by atoms with van der Waals surface area (Å²) in [5.41, 5.74) is -0.643. The van der Waals surface area contributed by atoms with Crippen LogP contribution in [-0.4, -0.2) is 10.9 Å². The largest absolute Gasteiger partial charge is 0.416 e. The van der Waals surface area contributed by atoms with E-state index in [-0.39, 0.29) is 16.8 Å². The van der Waals surface area contributed by atoms with Crippen molar-refractivity contribution in [1.82, 2.24) is 10.3 Å². The average molecular weight is 407 g/mol. The first-order valence-corrected chi connectivity index (χ1v) is 9.24. The van der Waals surface area contributed by atoms with Gasteiger partial charge < -0.3 is 5.32 Å². The maximum Gasteiger partial charge on any atom is 0.416 e. The Morgan fingerprint density at radius 2 is 1.86 bits per heavy atom. The minimum absolute atomic E-state index is 0.00848. The highest BCUT2D eigenvalue weighted by Gasteiger charge is 2.32. The number of nitriles is 1. The molecule has 0 aliphatic rings. The number of rotatable bonds is 3. The fourth-order valence-electron chi connectivity index (χ4n) is 2.65. The van der Waals surface area contributed by atoms with Crippen LogP contribution in [0.3, 0.4) is 0 Å². The van der Waals surface area contributed by atoms with E-state index in [2.05, 4.69) is 10.3 Å². The number of halogens is 3. The van der Waals surface area contributed by atoms with Gasteiger partial charge in [0.05, 0.1) is 21.8 Å². The van der Waals surface area contributed by atoms with E-state index in [1.807, 2.05) is 6.07 Å². The van der Waals surface area contributed by atoms with Crippen LogP contribution in [0, 0.1) is 30.6 Å². The highest BCUT2D eigenvalue weighted by molar-refractivity contribution is 7.13. The molecule has 0 unspecified atom stereocenters. The quantitative estimate of drug-likeness (QED) is 0.684. The molecule has 1 aromatic carbocycles. The summed E-state index contributed by atoms with van der Waals surface area (Å²) in [6, 6.07) is 6.49. The van der Waals surface area contributed by atoms with Gasteiger partial charge in [-0.25, -0.2) is 4.98 Å². The van der Waals surface area contributed by atoms with Gasteiger partial charge in [0.25, 0.3) is 5.91 Å². The molecule has 0 aliphatic heterocycles. The molecule has 0 spiro atoms. The molecular formula is C20H20F3N3OS. The van der Waals surface area contributed by atoms with Gasteiger partial charge in [0.1, 0.15) is 10.9 Å². The van der Waals surface area contributed by atoms with E-state index < -0.39 is 23.1 Å². The van der Waals surface area contributed by atoms with Gasteiger partial charge in [0.15, 0.2) is 0 Å². The number of benzene rings is 1. The summed E-state index contributed by atoms with van der Waals surface area (Å²) in [6.45, 7) is 8.81. The lowest BCUT2D eigenvalue weighted by Crippen LogP contribution is -2.31. The van der Waals surface area contributed by atoms with Crippen molar-refractivity contribution in [3.63, 3.8) is 0 Å². The number of amides is 1. The fraction of sp³-hybridized carbons (Fsp3) is 0.350. The lowest BCUT2D eigenvalue weighted by Gasteiger charge is -2.25. The van der Waals surface area contributed by atoms with Crippen molar-refractivity contribution in [3.8, 4) is 6.07 Å². The molecule has 148 valence electrons. The van der Waals surface area contributed by atoms with Crippen molar-refractivity contribution in [3.05, 3.63) is 56.7 Å². The minimum Gasteiger partial charge on any atom is -0.323 e. The number of allylic oxidation sites excluding steroid dienone is 2. The summed E-state index contributed by atoms with van der Waals surface area (Å²) in [5, 5.41) is 13.2. The molecule has 0 saturated heterocycles. The van der Waals surface area contributed by atoms with Crippen LogP contribution >= 0.6 is 11.3 Å². The van der Waals surface area contributed by atoms with Crippen LogP contribution in [0.15, 0.2) is 30.0 Å². The van der Waals surface area contributed by atoms with Crippen molar-refractivity contribution in [2.24, 2.45) is 5.41 Å². The first kappa shape index (κ1) is 21.6. The molecule has 0 aliphatic carbocycles. The third-order valence-electron chi connectivity index (χ3n) is 3.94. The Hall–Kier alpha value is -2.66. The van der Waals surface area contributed by atoms with E-state index in [1.165, 1.54) is 23.5 Å². The Balaban J connectivity index is 2.59. The third-order valence-corrected chi connectivity index (χ3v) is 5.01. The second kappa shape index (κ2) is 7.76. The number of nitrogens with zero attached hydrogens (tertiary/aromatic N) is 2. The monoisotopic (exact) mass is 407 g/mol. The highest BCUT2D eigenvalue weighted by Crippen LogP contribution is 2.34. The van der Waals surface area contributed by atoms with Gasteiger partial charge in [-0.1, -0.05) is 32.9 Å². The first-order chi connectivity index (χ1) is 12.8. The molecule has 0 atom stereocenters. The van der Waals surface area contributed by atoms with Crippen LogP contribution in [0.4, 0.5) is 13.2 Å². The zero-order chi connectivity index (χ0) is 21.3. The fourth-order valence-corrected chi connectivity index (χ4v) is 3.47. The zero-order valence-electron chi connectivity index (χ0n) is 16.2. The lowest BCUT2D eigenvalue weighted by atomic mass is 9.86. The van der Waals surface area contributed by atoms with Gasteiger partial charge in [-0.2, -0.15) is 18.4 Å². The smallest absolute Gasteiger partial charge is 0.323 e. The third kappa shape index (κ3) is 4.78. The van der Waals surface area contributed by atoms with Crippen molar-refractivity contribution < 1.29 is 18.0 Å². The Kier molecular flexibility index (Phi) is 6.00. The van der Waals surface area contributed by atoms with Crippen LogP contribution in [0.25, 0.3) is 5.57 Å². The standard InChI is InChI=1S/C20H20F3N3OS/c1-11-16(28-12(2)25-11)18(27)26-17(19(3,4)5)15(10-24)13-7-6-8-14(9-13)20(21,22)23/h6-9H,1-5H3,(H,26,27)/b17-15-. The number of thiazole rings is 1. The number of aryl methyl sites for hydroxylation is 2. The summed E-state index contributed by atoms with van der Waals surface area (Å²) in [7, 11) is 0. The van der Waals surface area contributed by atoms with Crippen molar-refractivity contribution in [1.29, 1.82) is 5.26 Å². The van der Waals surface area contributed by atoms with E-state index in [9.17, 15) is 23.2 Å². The minimum atomic E-state index is -4.53. The van der Waals surface area contributed by atoms with Crippen molar-refractivity contribution in [2.45, 2.75) is 40.8 Å². The predicted octanol–water partition coefficient (Wildman–Crippen LogP) is 5.49. The molecule has 0 radical (unpaired) electrons. The topological polar surface area (TPSA) is 65.8 Å². The van der Waals surface area contributed by atoms with Crippen LogP contribution in [0.2, 0.25) is 0 Å². The Bertz CT molecular complexity index is 976. The molecule has 1 amide bonds. The average Bonchev–Trinajstić information content (AvgIpc) is 2.91. The molecular weight excluding hydrogens is 387 g/mol. The van der Waals surface area contributed by atoms with E-state index in [4.69, 9.17) is 0 Å². The summed E-state index contributed by atoms with van der Waals surface area (Å²) in [4.78, 5) is 17.4. The molecule has 2 rings (SSSR count). The number of aromatic nitrogens is 1. The van der Waals surface area contributed by atoms with Crippen molar-refractivity contribution in [2.75, 3.05) is 0 Å². The second-order valence-corrected chi connectivity index (χ2v) is 8.50. The summed E-state index contributed by atoms with van der Waals surface area (Å²) >= 11 is 1.22. The Morgan fingerprint density at radius 1 is 1.21 bits per heavy atom. The maximum absolute atomic E-state index is 13.1. The lowest BCUT2D eigenvalue weighted by molar-refractivity contribution is -0.137. The maximum atomic E-state index is 13.1. The molecule has 1 aromatic heterocycles. The number of nitrogens with one attached hydrogen (secondary N) is 1. The molecule has 0 saturated carbocycles. The van der Waals surface area contributed by atoms with Crippen LogP contribution < -0.4 is 5.32 Å². The number of carbonyl (C=O) groups excluding carboxylic acids is 1. The molecule has 0 fully saturated rings. The Labute approximate surface area is 165 Å². The van der Waals surface area contributed by atoms with E-state index in [0.29, 0.717) is 10.6 Å². The number of hydrogen-bond acceptors (Lipinski definition) is 4. The second-order valence-electron chi connectivity index (χ2n) is 7.29. The van der Waals surface area contributed by atoms with Crippen LogP contribution in [0.5, 0.6) is 0 Å². The summed E-state index contributed by atoms with van der Waals surface area (Å²) < 4.78 is 39.2. The molecule has 2 aromatic rings. The SMILES string of the molecule is Cc1nc(C)c(C(=O)N/C(=C(/C#N)c2cccc(C(F)(F)F)c2)C(C)(C)C)s1. The normalized spacial score (nSPS) is 13.0. The van der Waals surface area contributed by atoms with Crippen LogP contribution in [-0.2, 0) is 6.18 Å². The van der Waals surface area contributed by atoms with Gasteiger partial charge in [-0.05, 0) is 31.5 Å². The van der Waals surface area contributed by atoms with Crippen LogP contribution in [0.1, 0.15) is 52.3 Å². The summed E-state index contributed by atoms with van der Waals surface area (Å²) in [6.07, 6.45) is -4.53. The highest BCUT2D eigenvalue weighted by atomic mass is 32.1. The van der Waals surface area contributed by atoms with Gasteiger partial charge >= 0.3 is 6.18 Å². The van der Waals surface area contributed by atoms with Crippen molar-refractivity contribution >= 4 is 22.8 Å². The first-order valence-electron chi connectivity index (χ1n) is 8.42. The molecule has 8 heteroatoms. The molecule has 0 bridgehead atoms. The van der Waals surface area contributed by atoms with Gasteiger partial charge in [-0.3, -0.25) is 4.79 Å². The van der Waals surface area contributed by atoms with Gasteiger partial charge in [0, 0.05) is 11.1 Å². The number of alkyl halides is 3. The molecule has 1 heterocycles. The van der Waals surface area contributed by atoms with Gasteiger partial charge in [-0.15, -0.1) is 11.3 Å². The number of hydrogen-bond donors (Lipinski definition) is 1. The molecule has 28 heavy (non-hydrogen) atoms. The zero-order valence-corrected chi connectivity index (χ0v) is 17.0. The molecule has 4 nitrogen and oxygen atoms in total. The van der Waals surface area contributed by atoms with E-state index in [1.54, 1.807) is 34.6 Å². The van der Waals surface area contributed by atoms with E-state index >= 15 is 0 Å². The predicted molar refractivity (Wildman–Crippen MR) is 102 cm³/mol. The summed E-state index contributed by atoms with van der Waals surface area (Å²) in [5.74, 6) is -0.437. The Morgan fingerprint density at radius 3 is 2.32 bits per heavy atom. The molecule has 1 N–H and O–H groups in total. The number of carbonyl (C=O) groups is 1.